The Kier molecular flexibility index (Phi) is 5.25. The fraction of sp³-hybridized carbons (Fsp3) is 0.500. The standard InChI is InChI=1S/C16H21NO5/c1-3-21-13-6-5-11(9-14(13)22-4-2)15(18)17-8-7-12(10-17)16(19)20/h5-6,9,12H,3-4,7-8,10H2,1-2H3,(H,19,20)/t12-/m0/s1. The Morgan fingerprint density at radius 1 is 1.23 bits per heavy atom. The molecule has 1 heterocycles. The van der Waals surface area contributed by atoms with Crippen LogP contribution in [0.4, 0.5) is 0 Å². The van der Waals surface area contributed by atoms with Gasteiger partial charge in [0.2, 0.25) is 0 Å². The fourth-order valence-corrected chi connectivity index (χ4v) is 2.51. The zero-order chi connectivity index (χ0) is 16.1. The number of ether oxygens (including phenoxy) is 2. The average Bonchev–Trinajstić information content (AvgIpc) is 2.99. The third-order valence-corrected chi connectivity index (χ3v) is 3.62. The van der Waals surface area contributed by atoms with E-state index in [1.165, 1.54) is 0 Å². The van der Waals surface area contributed by atoms with Crippen molar-refractivity contribution >= 4 is 11.9 Å². The van der Waals surface area contributed by atoms with E-state index in [4.69, 9.17) is 14.6 Å². The number of benzene rings is 1. The van der Waals surface area contributed by atoms with Crippen LogP contribution < -0.4 is 9.47 Å². The van der Waals surface area contributed by atoms with Crippen molar-refractivity contribution in [3.05, 3.63) is 23.8 Å². The molecule has 0 radical (unpaired) electrons. The zero-order valence-electron chi connectivity index (χ0n) is 12.9. The maximum absolute atomic E-state index is 12.5. The number of carboxylic acid groups (broad SMARTS) is 1. The van der Waals surface area contributed by atoms with Crippen LogP contribution in [0.15, 0.2) is 18.2 Å². The van der Waals surface area contributed by atoms with E-state index >= 15 is 0 Å². The number of likely N-dealkylation sites (tertiary alicyclic amines) is 1. The van der Waals surface area contributed by atoms with Crippen LogP contribution in [0.1, 0.15) is 30.6 Å². The molecule has 1 N–H and O–H groups in total. The molecule has 22 heavy (non-hydrogen) atoms. The highest BCUT2D eigenvalue weighted by molar-refractivity contribution is 5.95. The van der Waals surface area contributed by atoms with Crippen LogP contribution in [0.3, 0.4) is 0 Å². The van der Waals surface area contributed by atoms with E-state index in [1.807, 2.05) is 13.8 Å². The smallest absolute Gasteiger partial charge is 0.308 e. The monoisotopic (exact) mass is 307 g/mol. The molecular weight excluding hydrogens is 286 g/mol. The van der Waals surface area contributed by atoms with Gasteiger partial charge < -0.3 is 19.5 Å². The summed E-state index contributed by atoms with van der Waals surface area (Å²) >= 11 is 0. The highest BCUT2D eigenvalue weighted by Crippen LogP contribution is 2.29. The van der Waals surface area contributed by atoms with Gasteiger partial charge in [-0.05, 0) is 38.5 Å². The molecule has 6 nitrogen and oxygen atoms in total. The van der Waals surface area contributed by atoms with E-state index in [9.17, 15) is 9.59 Å². The van der Waals surface area contributed by atoms with Gasteiger partial charge in [-0.1, -0.05) is 0 Å². The summed E-state index contributed by atoms with van der Waals surface area (Å²) in [6.07, 6.45) is 0.496. The van der Waals surface area contributed by atoms with Crippen molar-refractivity contribution in [2.75, 3.05) is 26.3 Å². The number of carbonyl (C=O) groups is 2. The minimum Gasteiger partial charge on any atom is -0.490 e. The summed E-state index contributed by atoms with van der Waals surface area (Å²) in [6, 6.07) is 5.06. The highest BCUT2D eigenvalue weighted by Gasteiger charge is 2.31. The first kappa shape index (κ1) is 16.1. The van der Waals surface area contributed by atoms with Crippen molar-refractivity contribution in [1.29, 1.82) is 0 Å². The lowest BCUT2D eigenvalue weighted by Gasteiger charge is -2.17. The number of amides is 1. The largest absolute Gasteiger partial charge is 0.490 e. The quantitative estimate of drug-likeness (QED) is 0.870. The number of nitrogens with zero attached hydrogens (tertiary/aromatic N) is 1. The molecule has 1 amide bonds. The Morgan fingerprint density at radius 3 is 2.50 bits per heavy atom. The molecule has 120 valence electrons. The van der Waals surface area contributed by atoms with Crippen molar-refractivity contribution in [1.82, 2.24) is 4.90 Å². The number of hydrogen-bond donors (Lipinski definition) is 1. The summed E-state index contributed by atoms with van der Waals surface area (Å²) in [7, 11) is 0. The average molecular weight is 307 g/mol. The van der Waals surface area contributed by atoms with E-state index in [0.717, 1.165) is 0 Å². The second-order valence-corrected chi connectivity index (χ2v) is 5.10. The van der Waals surface area contributed by atoms with Crippen LogP contribution in [-0.4, -0.2) is 48.2 Å². The first-order valence-corrected chi connectivity index (χ1v) is 7.48. The summed E-state index contributed by atoms with van der Waals surface area (Å²) in [6.45, 7) is 5.45. The lowest BCUT2D eigenvalue weighted by atomic mass is 10.1. The first-order chi connectivity index (χ1) is 10.6. The lowest BCUT2D eigenvalue weighted by Crippen LogP contribution is -2.29. The topological polar surface area (TPSA) is 76.1 Å². The molecule has 0 aliphatic carbocycles. The lowest BCUT2D eigenvalue weighted by molar-refractivity contribution is -0.141. The van der Waals surface area contributed by atoms with E-state index in [1.54, 1.807) is 23.1 Å². The molecule has 0 bridgehead atoms. The van der Waals surface area contributed by atoms with Crippen LogP contribution in [0, 0.1) is 5.92 Å². The van der Waals surface area contributed by atoms with Gasteiger partial charge in [-0.15, -0.1) is 0 Å². The van der Waals surface area contributed by atoms with Gasteiger partial charge in [-0.2, -0.15) is 0 Å². The summed E-state index contributed by atoms with van der Waals surface area (Å²) in [4.78, 5) is 25.0. The van der Waals surface area contributed by atoms with Crippen LogP contribution in [0.5, 0.6) is 11.5 Å². The summed E-state index contributed by atoms with van der Waals surface area (Å²) in [5, 5.41) is 9.02. The van der Waals surface area contributed by atoms with Crippen LogP contribution in [0.25, 0.3) is 0 Å². The van der Waals surface area contributed by atoms with Gasteiger partial charge in [-0.3, -0.25) is 9.59 Å². The Balaban J connectivity index is 2.16. The molecule has 2 rings (SSSR count). The van der Waals surface area contributed by atoms with E-state index in [2.05, 4.69) is 0 Å². The number of hydrogen-bond acceptors (Lipinski definition) is 4. The molecule has 1 aliphatic rings. The van der Waals surface area contributed by atoms with Gasteiger partial charge in [0, 0.05) is 18.7 Å². The zero-order valence-corrected chi connectivity index (χ0v) is 12.9. The van der Waals surface area contributed by atoms with Gasteiger partial charge in [0.15, 0.2) is 11.5 Å². The van der Waals surface area contributed by atoms with E-state index in [-0.39, 0.29) is 12.5 Å². The number of carbonyl (C=O) groups excluding carboxylic acids is 1. The second-order valence-electron chi connectivity index (χ2n) is 5.10. The molecule has 6 heteroatoms. The van der Waals surface area contributed by atoms with Crippen molar-refractivity contribution in [3.8, 4) is 11.5 Å². The minimum absolute atomic E-state index is 0.173. The maximum atomic E-state index is 12.5. The molecule has 1 aliphatic heterocycles. The SMILES string of the molecule is CCOc1ccc(C(=O)N2CC[C@H](C(=O)O)C2)cc1OCC. The summed E-state index contributed by atoms with van der Waals surface area (Å²) < 4.78 is 11.0. The number of rotatable bonds is 6. The Morgan fingerprint density at radius 2 is 1.91 bits per heavy atom. The molecular formula is C16H21NO5. The van der Waals surface area contributed by atoms with Gasteiger partial charge in [0.1, 0.15) is 0 Å². The van der Waals surface area contributed by atoms with Gasteiger partial charge in [-0.25, -0.2) is 0 Å². The third-order valence-electron chi connectivity index (χ3n) is 3.62. The molecule has 1 saturated heterocycles. The Hall–Kier alpha value is -2.24. The van der Waals surface area contributed by atoms with Gasteiger partial charge in [0.25, 0.3) is 5.91 Å². The number of carboxylic acids is 1. The molecule has 0 saturated carbocycles. The fourth-order valence-electron chi connectivity index (χ4n) is 2.51. The predicted octanol–water partition coefficient (Wildman–Crippen LogP) is 2.03. The van der Waals surface area contributed by atoms with Crippen molar-refractivity contribution in [2.24, 2.45) is 5.92 Å². The third kappa shape index (κ3) is 3.50. The van der Waals surface area contributed by atoms with E-state index in [0.29, 0.717) is 43.2 Å². The molecule has 1 aromatic carbocycles. The Bertz CT molecular complexity index is 557. The molecule has 0 unspecified atom stereocenters. The first-order valence-electron chi connectivity index (χ1n) is 7.48. The van der Waals surface area contributed by atoms with Crippen molar-refractivity contribution < 1.29 is 24.2 Å². The van der Waals surface area contributed by atoms with E-state index < -0.39 is 11.9 Å². The van der Waals surface area contributed by atoms with Crippen LogP contribution >= 0.6 is 0 Å². The molecule has 1 fully saturated rings. The summed E-state index contributed by atoms with van der Waals surface area (Å²) in [5.74, 6) is -0.363. The second kappa shape index (κ2) is 7.15. The normalized spacial score (nSPS) is 17.4. The predicted molar refractivity (Wildman–Crippen MR) is 80.4 cm³/mol. The van der Waals surface area contributed by atoms with Crippen LogP contribution in [-0.2, 0) is 4.79 Å². The van der Waals surface area contributed by atoms with Crippen LogP contribution in [0.2, 0.25) is 0 Å². The van der Waals surface area contributed by atoms with Gasteiger partial charge >= 0.3 is 5.97 Å². The van der Waals surface area contributed by atoms with Crippen molar-refractivity contribution in [2.45, 2.75) is 20.3 Å². The van der Waals surface area contributed by atoms with Gasteiger partial charge in [0.05, 0.1) is 19.1 Å². The summed E-state index contributed by atoms with van der Waals surface area (Å²) in [5.41, 5.74) is 0.484. The van der Waals surface area contributed by atoms with Crippen molar-refractivity contribution in [3.63, 3.8) is 0 Å². The number of aliphatic carboxylic acids is 1. The molecule has 1 atom stereocenters. The Labute approximate surface area is 129 Å². The molecule has 0 aromatic heterocycles. The minimum atomic E-state index is -0.850. The molecule has 0 spiro atoms. The maximum Gasteiger partial charge on any atom is 0.308 e. The highest BCUT2D eigenvalue weighted by atomic mass is 16.5. The molecule has 1 aromatic rings.